The molecule has 2 N–H and O–H groups in total. The van der Waals surface area contributed by atoms with Gasteiger partial charge in [-0.15, -0.1) is 0 Å². The first-order valence-electron chi connectivity index (χ1n) is 10.3. The molecule has 9 heteroatoms. The average Bonchev–Trinajstić information content (AvgIpc) is 2.79. The number of anilines is 2. The van der Waals surface area contributed by atoms with E-state index in [1.54, 1.807) is 36.5 Å². The molecule has 4 rings (SSSR count). The Labute approximate surface area is 188 Å². The summed E-state index contributed by atoms with van der Waals surface area (Å²) >= 11 is 0. The number of nitrogens with zero attached hydrogens (tertiary/aromatic N) is 2. The minimum atomic E-state index is -4.37. The zero-order valence-electron chi connectivity index (χ0n) is 17.8. The number of hydrogen-bond donors (Lipinski definition) is 2. The van der Waals surface area contributed by atoms with Gasteiger partial charge < -0.3 is 20.1 Å². The number of ether oxygens (including phenoxy) is 1. The summed E-state index contributed by atoms with van der Waals surface area (Å²) in [6, 6.07) is 13.3. The van der Waals surface area contributed by atoms with Crippen LogP contribution in [0.4, 0.5) is 24.7 Å². The predicted octanol–water partition coefficient (Wildman–Crippen LogP) is 5.37. The van der Waals surface area contributed by atoms with Crippen LogP contribution in [0.25, 0.3) is 0 Å². The first kappa shape index (κ1) is 22.4. The van der Waals surface area contributed by atoms with Crippen molar-refractivity contribution in [3.8, 4) is 5.75 Å². The Morgan fingerprint density at radius 1 is 1.15 bits per heavy atom. The highest BCUT2D eigenvalue weighted by atomic mass is 19.4. The molecule has 0 unspecified atom stereocenters. The SMILES string of the molecule is C[C@@H](Nc1nccc2c1N(Cc1ccc(C(F)(F)F)cc1)CCO2)c1ccc(C(=O)O)cc1. The molecule has 1 aliphatic heterocycles. The lowest BCUT2D eigenvalue weighted by Crippen LogP contribution is -2.33. The van der Waals surface area contributed by atoms with Crippen LogP contribution in [0.2, 0.25) is 0 Å². The number of halogens is 3. The highest BCUT2D eigenvalue weighted by molar-refractivity contribution is 5.87. The Morgan fingerprint density at radius 3 is 2.48 bits per heavy atom. The third-order valence-electron chi connectivity index (χ3n) is 5.49. The summed E-state index contributed by atoms with van der Waals surface area (Å²) in [6.07, 6.45) is -2.74. The Balaban J connectivity index is 1.56. The van der Waals surface area contributed by atoms with Crippen LogP contribution in [0.5, 0.6) is 5.75 Å². The lowest BCUT2D eigenvalue weighted by atomic mass is 10.1. The van der Waals surface area contributed by atoms with Crippen LogP contribution < -0.4 is 15.0 Å². The number of fused-ring (bicyclic) bond motifs is 1. The quantitative estimate of drug-likeness (QED) is 0.518. The number of carboxylic acids is 1. The smallest absolute Gasteiger partial charge is 0.416 e. The van der Waals surface area contributed by atoms with Crippen LogP contribution in [0.15, 0.2) is 60.8 Å². The van der Waals surface area contributed by atoms with Crippen molar-refractivity contribution in [3.05, 3.63) is 83.0 Å². The van der Waals surface area contributed by atoms with E-state index in [-0.39, 0.29) is 11.6 Å². The molecule has 0 radical (unpaired) electrons. The second kappa shape index (κ2) is 9.01. The molecule has 0 saturated carbocycles. The van der Waals surface area contributed by atoms with Gasteiger partial charge in [0.25, 0.3) is 0 Å². The van der Waals surface area contributed by atoms with E-state index in [2.05, 4.69) is 10.3 Å². The summed E-state index contributed by atoms with van der Waals surface area (Å²) < 4.78 is 44.4. The average molecular weight is 457 g/mol. The number of carboxylic acid groups (broad SMARTS) is 1. The summed E-state index contributed by atoms with van der Waals surface area (Å²) in [4.78, 5) is 17.6. The first-order chi connectivity index (χ1) is 15.7. The maximum Gasteiger partial charge on any atom is 0.416 e. The Kier molecular flexibility index (Phi) is 6.13. The van der Waals surface area contributed by atoms with Gasteiger partial charge in [-0.2, -0.15) is 13.2 Å². The number of alkyl halides is 3. The van der Waals surface area contributed by atoms with Gasteiger partial charge in [0.2, 0.25) is 0 Å². The highest BCUT2D eigenvalue weighted by Gasteiger charge is 2.30. The van der Waals surface area contributed by atoms with Crippen molar-refractivity contribution in [2.24, 2.45) is 0 Å². The molecule has 3 aromatic rings. The fraction of sp³-hybridized carbons (Fsp3) is 0.250. The fourth-order valence-corrected chi connectivity index (χ4v) is 3.72. The van der Waals surface area contributed by atoms with Crippen molar-refractivity contribution in [1.82, 2.24) is 4.98 Å². The number of pyridine rings is 1. The van der Waals surface area contributed by atoms with Gasteiger partial charge in [0.05, 0.1) is 23.7 Å². The largest absolute Gasteiger partial charge is 0.489 e. The number of aromatic nitrogens is 1. The number of hydrogen-bond acceptors (Lipinski definition) is 5. The van der Waals surface area contributed by atoms with Crippen LogP contribution in [-0.4, -0.2) is 29.2 Å². The van der Waals surface area contributed by atoms with Crippen LogP contribution in [0.3, 0.4) is 0 Å². The van der Waals surface area contributed by atoms with E-state index in [9.17, 15) is 18.0 Å². The van der Waals surface area contributed by atoms with Gasteiger partial charge in [0.1, 0.15) is 18.0 Å². The molecular weight excluding hydrogens is 435 g/mol. The van der Waals surface area contributed by atoms with Crippen molar-refractivity contribution in [1.29, 1.82) is 0 Å². The lowest BCUT2D eigenvalue weighted by molar-refractivity contribution is -0.137. The van der Waals surface area contributed by atoms with Crippen molar-refractivity contribution < 1.29 is 27.8 Å². The van der Waals surface area contributed by atoms with Crippen LogP contribution in [0.1, 0.15) is 40.0 Å². The molecule has 1 atom stereocenters. The molecule has 172 valence electrons. The van der Waals surface area contributed by atoms with Crippen LogP contribution >= 0.6 is 0 Å². The molecule has 1 aromatic heterocycles. The second-order valence-electron chi connectivity index (χ2n) is 7.76. The summed E-state index contributed by atoms with van der Waals surface area (Å²) in [5, 5.41) is 12.4. The molecule has 0 amide bonds. The number of carbonyl (C=O) groups is 1. The summed E-state index contributed by atoms with van der Waals surface area (Å²) in [5.74, 6) is 0.227. The van der Waals surface area contributed by atoms with Gasteiger partial charge in [-0.3, -0.25) is 0 Å². The monoisotopic (exact) mass is 457 g/mol. The van der Waals surface area contributed by atoms with E-state index >= 15 is 0 Å². The Morgan fingerprint density at radius 2 is 1.85 bits per heavy atom. The Hall–Kier alpha value is -3.75. The molecule has 0 bridgehead atoms. The zero-order valence-corrected chi connectivity index (χ0v) is 17.8. The number of rotatable bonds is 6. The molecule has 0 fully saturated rings. The summed E-state index contributed by atoms with van der Waals surface area (Å²) in [7, 11) is 0. The minimum Gasteiger partial charge on any atom is -0.489 e. The van der Waals surface area contributed by atoms with Crippen molar-refractivity contribution in [2.45, 2.75) is 25.7 Å². The molecule has 1 aliphatic rings. The molecule has 6 nitrogen and oxygen atoms in total. The van der Waals surface area contributed by atoms with E-state index in [1.165, 1.54) is 12.1 Å². The molecule has 0 saturated heterocycles. The highest BCUT2D eigenvalue weighted by Crippen LogP contribution is 2.39. The number of aromatic carboxylic acids is 1. The third kappa shape index (κ3) is 5.02. The minimum absolute atomic E-state index is 0.179. The van der Waals surface area contributed by atoms with Crippen molar-refractivity contribution >= 4 is 17.5 Å². The first-order valence-corrected chi connectivity index (χ1v) is 10.3. The van der Waals surface area contributed by atoms with E-state index in [0.717, 1.165) is 28.9 Å². The van der Waals surface area contributed by atoms with Gasteiger partial charge in [-0.05, 0) is 42.3 Å². The topological polar surface area (TPSA) is 74.7 Å². The normalized spacial score (nSPS) is 14.2. The molecule has 0 aliphatic carbocycles. The van der Waals surface area contributed by atoms with Crippen molar-refractivity contribution in [3.63, 3.8) is 0 Å². The van der Waals surface area contributed by atoms with Crippen LogP contribution in [-0.2, 0) is 12.7 Å². The zero-order chi connectivity index (χ0) is 23.6. The maximum atomic E-state index is 12.9. The van der Waals surface area contributed by atoms with E-state index in [1.807, 2.05) is 11.8 Å². The van der Waals surface area contributed by atoms with Crippen LogP contribution in [0, 0.1) is 0 Å². The van der Waals surface area contributed by atoms with E-state index < -0.39 is 17.7 Å². The van der Waals surface area contributed by atoms with E-state index in [4.69, 9.17) is 9.84 Å². The van der Waals surface area contributed by atoms with Gasteiger partial charge in [-0.1, -0.05) is 24.3 Å². The molecular formula is C24H22F3N3O3. The molecule has 33 heavy (non-hydrogen) atoms. The van der Waals surface area contributed by atoms with Crippen molar-refractivity contribution in [2.75, 3.05) is 23.4 Å². The summed E-state index contributed by atoms with van der Waals surface area (Å²) in [5.41, 5.74) is 1.88. The predicted molar refractivity (Wildman–Crippen MR) is 118 cm³/mol. The standard InChI is InChI=1S/C24H22F3N3O3/c1-15(17-4-6-18(7-5-17)23(31)32)29-22-21-20(10-11-28-22)33-13-12-30(21)14-16-2-8-19(9-3-16)24(25,26)27/h2-11,15H,12-14H2,1H3,(H,28,29)(H,31,32)/t15-/m1/s1. The number of nitrogens with one attached hydrogen (secondary N) is 1. The van der Waals surface area contributed by atoms with Gasteiger partial charge >= 0.3 is 12.1 Å². The lowest BCUT2D eigenvalue weighted by Gasteiger charge is -2.33. The summed E-state index contributed by atoms with van der Waals surface area (Å²) in [6.45, 7) is 3.33. The van der Waals surface area contributed by atoms with Gasteiger partial charge in [-0.25, -0.2) is 9.78 Å². The second-order valence-corrected chi connectivity index (χ2v) is 7.76. The fourth-order valence-electron chi connectivity index (χ4n) is 3.72. The molecule has 2 heterocycles. The van der Waals surface area contributed by atoms with Gasteiger partial charge in [0, 0.05) is 18.8 Å². The third-order valence-corrected chi connectivity index (χ3v) is 5.49. The Bertz CT molecular complexity index is 1130. The molecule has 2 aromatic carbocycles. The maximum absolute atomic E-state index is 12.9. The van der Waals surface area contributed by atoms with Gasteiger partial charge in [0.15, 0.2) is 5.82 Å². The molecule has 0 spiro atoms. The number of benzene rings is 2. The van der Waals surface area contributed by atoms with E-state index in [0.29, 0.717) is 31.3 Å².